The van der Waals surface area contributed by atoms with Crippen LogP contribution in [0.15, 0.2) is 39.5 Å². The fourth-order valence-electron chi connectivity index (χ4n) is 2.22. The molecule has 0 saturated heterocycles. The molecule has 0 unspecified atom stereocenters. The lowest BCUT2D eigenvalue weighted by Gasteiger charge is -2.00. The molecule has 5 heteroatoms. The zero-order chi connectivity index (χ0) is 14.8. The van der Waals surface area contributed by atoms with Crippen LogP contribution in [0.3, 0.4) is 0 Å². The van der Waals surface area contributed by atoms with Crippen molar-refractivity contribution < 1.29 is 9.21 Å². The Morgan fingerprint density at radius 3 is 2.90 bits per heavy atom. The van der Waals surface area contributed by atoms with E-state index in [0.29, 0.717) is 22.4 Å². The van der Waals surface area contributed by atoms with Gasteiger partial charge < -0.3 is 9.73 Å². The first kappa shape index (κ1) is 13.8. The molecule has 2 heterocycles. The number of amides is 1. The third-order valence-electron chi connectivity index (χ3n) is 3.33. The van der Waals surface area contributed by atoms with Crippen molar-refractivity contribution in [3.05, 3.63) is 45.6 Å². The highest BCUT2D eigenvalue weighted by Gasteiger charge is 2.15. The Kier molecular flexibility index (Phi) is 3.75. The molecule has 1 N–H and O–H groups in total. The van der Waals surface area contributed by atoms with Crippen molar-refractivity contribution in [2.75, 3.05) is 6.54 Å². The van der Waals surface area contributed by atoms with Gasteiger partial charge in [-0.25, -0.2) is 4.79 Å². The van der Waals surface area contributed by atoms with Crippen molar-refractivity contribution in [2.24, 2.45) is 0 Å². The lowest BCUT2D eigenvalue weighted by Crippen LogP contribution is -2.23. The summed E-state index contributed by atoms with van der Waals surface area (Å²) in [5.74, 6) is -0.131. The van der Waals surface area contributed by atoms with Crippen LogP contribution in [0.5, 0.6) is 0 Å². The van der Waals surface area contributed by atoms with Crippen molar-refractivity contribution in [1.82, 2.24) is 5.32 Å². The summed E-state index contributed by atoms with van der Waals surface area (Å²) in [6.45, 7) is 2.72. The van der Waals surface area contributed by atoms with Crippen LogP contribution in [0, 0.1) is 0 Å². The number of fused-ring (bicyclic) bond motifs is 3. The van der Waals surface area contributed by atoms with Gasteiger partial charge in [-0.3, -0.25) is 4.79 Å². The Hall–Kier alpha value is -2.14. The first-order chi connectivity index (χ1) is 10.2. The zero-order valence-corrected chi connectivity index (χ0v) is 12.5. The SMILES string of the molecule is CCCCNC(=O)c1cc2c(=O)oc3ccccc3c2s1. The summed E-state index contributed by atoms with van der Waals surface area (Å²) in [7, 11) is 0. The van der Waals surface area contributed by atoms with E-state index in [0.717, 1.165) is 22.9 Å². The lowest BCUT2D eigenvalue weighted by atomic mass is 10.2. The summed E-state index contributed by atoms with van der Waals surface area (Å²) in [4.78, 5) is 24.6. The van der Waals surface area contributed by atoms with E-state index >= 15 is 0 Å². The number of rotatable bonds is 4. The van der Waals surface area contributed by atoms with Crippen molar-refractivity contribution in [3.63, 3.8) is 0 Å². The lowest BCUT2D eigenvalue weighted by molar-refractivity contribution is 0.0957. The molecule has 0 spiro atoms. The molecule has 2 aromatic heterocycles. The average Bonchev–Trinajstić information content (AvgIpc) is 2.94. The number of carbonyl (C=O) groups is 1. The summed E-state index contributed by atoms with van der Waals surface area (Å²) in [5, 5.41) is 4.20. The maximum absolute atomic E-state index is 12.1. The summed E-state index contributed by atoms with van der Waals surface area (Å²) in [6, 6.07) is 9.00. The maximum Gasteiger partial charge on any atom is 0.345 e. The third-order valence-corrected chi connectivity index (χ3v) is 4.49. The maximum atomic E-state index is 12.1. The van der Waals surface area contributed by atoms with E-state index < -0.39 is 5.63 Å². The molecule has 1 aromatic carbocycles. The Morgan fingerprint density at radius 1 is 1.29 bits per heavy atom. The average molecular weight is 301 g/mol. The van der Waals surface area contributed by atoms with Crippen LogP contribution < -0.4 is 10.9 Å². The van der Waals surface area contributed by atoms with E-state index in [9.17, 15) is 9.59 Å². The fourth-order valence-corrected chi connectivity index (χ4v) is 3.31. The van der Waals surface area contributed by atoms with Gasteiger partial charge in [-0.05, 0) is 24.6 Å². The van der Waals surface area contributed by atoms with Gasteiger partial charge in [0.2, 0.25) is 0 Å². The molecule has 4 nitrogen and oxygen atoms in total. The van der Waals surface area contributed by atoms with Crippen molar-refractivity contribution in [2.45, 2.75) is 19.8 Å². The van der Waals surface area contributed by atoms with E-state index in [2.05, 4.69) is 12.2 Å². The van der Waals surface area contributed by atoms with Crippen molar-refractivity contribution >= 4 is 38.3 Å². The summed E-state index contributed by atoms with van der Waals surface area (Å²) in [6.07, 6.45) is 1.97. The number of unbranched alkanes of at least 4 members (excludes halogenated alkanes) is 1. The fraction of sp³-hybridized carbons (Fsp3) is 0.250. The molecule has 0 bridgehead atoms. The normalized spacial score (nSPS) is 11.1. The number of thiophene rings is 1. The minimum absolute atomic E-state index is 0.131. The van der Waals surface area contributed by atoms with Crippen molar-refractivity contribution in [3.8, 4) is 0 Å². The molecule has 1 amide bonds. The number of hydrogen-bond acceptors (Lipinski definition) is 4. The molecule has 3 rings (SSSR count). The predicted octanol–water partition coefficient (Wildman–Crippen LogP) is 3.54. The first-order valence-electron chi connectivity index (χ1n) is 6.94. The number of benzene rings is 1. The van der Waals surface area contributed by atoms with Crippen LogP contribution >= 0.6 is 11.3 Å². The van der Waals surface area contributed by atoms with E-state index in [-0.39, 0.29) is 5.91 Å². The highest BCUT2D eigenvalue weighted by Crippen LogP contribution is 2.30. The van der Waals surface area contributed by atoms with E-state index in [1.54, 1.807) is 12.1 Å². The third kappa shape index (κ3) is 2.56. The van der Waals surface area contributed by atoms with Crippen LogP contribution in [0.1, 0.15) is 29.4 Å². The Balaban J connectivity index is 2.07. The Bertz CT molecular complexity index is 863. The van der Waals surface area contributed by atoms with E-state index in [1.165, 1.54) is 11.3 Å². The van der Waals surface area contributed by atoms with Gasteiger partial charge in [0.05, 0.1) is 15.0 Å². The molecule has 0 radical (unpaired) electrons. The van der Waals surface area contributed by atoms with Gasteiger partial charge in [0.25, 0.3) is 5.91 Å². The summed E-state index contributed by atoms with van der Waals surface area (Å²) < 4.78 is 6.09. The molecular formula is C16H15NO3S. The highest BCUT2D eigenvalue weighted by atomic mass is 32.1. The minimum atomic E-state index is -0.396. The minimum Gasteiger partial charge on any atom is -0.422 e. The molecule has 0 fully saturated rings. The van der Waals surface area contributed by atoms with E-state index in [4.69, 9.17) is 4.42 Å². The van der Waals surface area contributed by atoms with Crippen LogP contribution in [0.4, 0.5) is 0 Å². The van der Waals surface area contributed by atoms with E-state index in [1.807, 2.05) is 18.2 Å². The second-order valence-electron chi connectivity index (χ2n) is 4.85. The smallest absolute Gasteiger partial charge is 0.345 e. The van der Waals surface area contributed by atoms with Gasteiger partial charge in [0.15, 0.2) is 0 Å². The molecule has 3 aromatic rings. The van der Waals surface area contributed by atoms with Gasteiger partial charge in [0.1, 0.15) is 5.58 Å². The van der Waals surface area contributed by atoms with Gasteiger partial charge in [-0.2, -0.15) is 0 Å². The number of hydrogen-bond donors (Lipinski definition) is 1. The molecule has 0 saturated carbocycles. The molecular weight excluding hydrogens is 286 g/mol. The zero-order valence-electron chi connectivity index (χ0n) is 11.6. The second kappa shape index (κ2) is 5.69. The molecule has 21 heavy (non-hydrogen) atoms. The standard InChI is InChI=1S/C16H15NO3S/c1-2-3-8-17-15(18)13-9-11-14(21-13)10-6-4-5-7-12(10)20-16(11)19/h4-7,9H,2-3,8H2,1H3,(H,17,18). The number of carbonyl (C=O) groups excluding carboxylic acids is 1. The topological polar surface area (TPSA) is 59.3 Å². The summed E-state index contributed by atoms with van der Waals surface area (Å²) in [5.41, 5.74) is 0.155. The number of para-hydroxylation sites is 1. The van der Waals surface area contributed by atoms with Gasteiger partial charge >= 0.3 is 5.63 Å². The predicted molar refractivity (Wildman–Crippen MR) is 85.1 cm³/mol. The second-order valence-corrected chi connectivity index (χ2v) is 5.90. The van der Waals surface area contributed by atoms with Crippen molar-refractivity contribution in [1.29, 1.82) is 0 Å². The van der Waals surface area contributed by atoms with Gasteiger partial charge in [-0.1, -0.05) is 25.5 Å². The highest BCUT2D eigenvalue weighted by molar-refractivity contribution is 7.21. The molecule has 108 valence electrons. The first-order valence-corrected chi connectivity index (χ1v) is 7.76. The molecule has 0 aliphatic rings. The largest absolute Gasteiger partial charge is 0.422 e. The Morgan fingerprint density at radius 2 is 2.10 bits per heavy atom. The Labute approximate surface area is 125 Å². The summed E-state index contributed by atoms with van der Waals surface area (Å²) >= 11 is 1.34. The van der Waals surface area contributed by atoms with Crippen LogP contribution in [0.2, 0.25) is 0 Å². The molecule has 0 aliphatic carbocycles. The molecule has 0 atom stereocenters. The van der Waals surface area contributed by atoms with Gasteiger partial charge in [0, 0.05) is 11.9 Å². The van der Waals surface area contributed by atoms with Crippen LogP contribution in [0.25, 0.3) is 21.1 Å². The van der Waals surface area contributed by atoms with Gasteiger partial charge in [-0.15, -0.1) is 11.3 Å². The quantitative estimate of drug-likeness (QED) is 0.592. The molecule has 0 aliphatic heterocycles. The number of nitrogens with one attached hydrogen (secondary N) is 1. The monoisotopic (exact) mass is 301 g/mol. The van der Waals surface area contributed by atoms with Crippen LogP contribution in [-0.2, 0) is 0 Å². The van der Waals surface area contributed by atoms with Crippen LogP contribution in [-0.4, -0.2) is 12.5 Å².